The maximum Gasteiger partial charge on any atom is 0.433 e. The molecule has 1 N–H and O–H groups in total. The van der Waals surface area contributed by atoms with E-state index in [9.17, 15) is 18.0 Å². The highest BCUT2D eigenvalue weighted by Crippen LogP contribution is 2.32. The highest BCUT2D eigenvalue weighted by molar-refractivity contribution is 5.93. The van der Waals surface area contributed by atoms with Crippen molar-refractivity contribution in [1.82, 2.24) is 29.7 Å². The lowest BCUT2D eigenvalue weighted by atomic mass is 10.0. The van der Waals surface area contributed by atoms with E-state index in [4.69, 9.17) is 0 Å². The summed E-state index contributed by atoms with van der Waals surface area (Å²) in [6.45, 7) is 7.70. The van der Waals surface area contributed by atoms with Crippen molar-refractivity contribution in [2.24, 2.45) is 7.05 Å². The predicted molar refractivity (Wildman–Crippen MR) is 117 cm³/mol. The van der Waals surface area contributed by atoms with Gasteiger partial charge in [0.15, 0.2) is 17.0 Å². The normalized spacial score (nSPS) is 11.9. The summed E-state index contributed by atoms with van der Waals surface area (Å²) in [7, 11) is 1.80. The highest BCUT2D eigenvalue weighted by Gasteiger charge is 2.35. The van der Waals surface area contributed by atoms with E-state index in [1.54, 1.807) is 23.9 Å². The molecule has 33 heavy (non-hydrogen) atoms. The van der Waals surface area contributed by atoms with Crippen LogP contribution in [0.3, 0.4) is 0 Å². The van der Waals surface area contributed by atoms with Crippen molar-refractivity contribution in [3.05, 3.63) is 69.8 Å². The Balaban J connectivity index is 1.72. The number of fused-ring (bicyclic) bond motifs is 1. The van der Waals surface area contributed by atoms with Crippen LogP contribution in [0.25, 0.3) is 16.9 Å². The van der Waals surface area contributed by atoms with Gasteiger partial charge in [0.25, 0.3) is 5.91 Å². The van der Waals surface area contributed by atoms with Gasteiger partial charge < -0.3 is 5.32 Å². The summed E-state index contributed by atoms with van der Waals surface area (Å²) in [4.78, 5) is 17.0. The van der Waals surface area contributed by atoms with Crippen LogP contribution in [0.2, 0.25) is 0 Å². The molecule has 1 amide bonds. The molecule has 7 nitrogen and oxygen atoms in total. The molecular weight excluding hydrogens is 433 g/mol. The summed E-state index contributed by atoms with van der Waals surface area (Å²) in [5.74, 6) is -0.594. The number of alkyl halides is 3. The number of benzene rings is 1. The van der Waals surface area contributed by atoms with Crippen LogP contribution in [0.5, 0.6) is 0 Å². The fourth-order valence-electron chi connectivity index (χ4n) is 3.67. The van der Waals surface area contributed by atoms with Crippen LogP contribution >= 0.6 is 0 Å². The topological polar surface area (TPSA) is 77.1 Å². The fourth-order valence-corrected chi connectivity index (χ4v) is 3.67. The first-order valence-corrected chi connectivity index (χ1v) is 10.3. The van der Waals surface area contributed by atoms with Gasteiger partial charge in [0.05, 0.1) is 11.4 Å². The lowest BCUT2D eigenvalue weighted by molar-refractivity contribution is -0.142. The Morgan fingerprint density at radius 1 is 1.03 bits per heavy atom. The maximum absolute atomic E-state index is 13.8. The minimum Gasteiger partial charge on any atom is -0.346 e. The monoisotopic (exact) mass is 456 g/mol. The molecule has 0 saturated carbocycles. The summed E-state index contributed by atoms with van der Waals surface area (Å²) < 4.78 is 43.9. The third kappa shape index (κ3) is 4.20. The van der Waals surface area contributed by atoms with E-state index in [2.05, 4.69) is 20.5 Å². The van der Waals surface area contributed by atoms with Crippen molar-refractivity contribution >= 4 is 11.6 Å². The summed E-state index contributed by atoms with van der Waals surface area (Å²) in [6, 6.07) is 7.56. The van der Waals surface area contributed by atoms with E-state index in [1.807, 2.05) is 33.8 Å². The molecule has 4 aromatic rings. The molecule has 3 heterocycles. The number of nitrogens with one attached hydrogen (secondary N) is 1. The molecule has 0 atom stereocenters. The summed E-state index contributed by atoms with van der Waals surface area (Å²) in [5.41, 5.74) is 3.98. The number of halogens is 3. The minimum absolute atomic E-state index is 0.0584. The Bertz CT molecular complexity index is 1380. The maximum atomic E-state index is 13.8. The third-order valence-corrected chi connectivity index (χ3v) is 5.84. The number of carbonyl (C=O) groups is 1. The van der Waals surface area contributed by atoms with Crippen LogP contribution in [0.4, 0.5) is 13.2 Å². The summed E-state index contributed by atoms with van der Waals surface area (Å²) >= 11 is 0. The van der Waals surface area contributed by atoms with Crippen molar-refractivity contribution in [3.63, 3.8) is 0 Å². The third-order valence-electron chi connectivity index (χ3n) is 5.84. The van der Waals surface area contributed by atoms with E-state index in [0.717, 1.165) is 34.1 Å². The molecule has 0 bridgehead atoms. The molecule has 0 fully saturated rings. The Labute approximate surface area is 188 Å². The van der Waals surface area contributed by atoms with E-state index < -0.39 is 17.8 Å². The lowest BCUT2D eigenvalue weighted by Crippen LogP contribution is -2.24. The SMILES string of the molecule is Cc1ccc(-c2cc(C(F)(F)F)n3nc(C(=O)NCc4c(C)nn(C)c4C)cc3n2)cc1C. The van der Waals surface area contributed by atoms with Gasteiger partial charge in [-0.25, -0.2) is 9.50 Å². The number of hydrogen-bond acceptors (Lipinski definition) is 4. The smallest absolute Gasteiger partial charge is 0.346 e. The van der Waals surface area contributed by atoms with E-state index >= 15 is 0 Å². The molecule has 0 aliphatic heterocycles. The van der Waals surface area contributed by atoms with E-state index in [1.165, 1.54) is 6.07 Å². The average Bonchev–Trinajstić information content (AvgIpc) is 3.27. The standard InChI is InChI=1S/C23H23F3N6O/c1-12-6-7-16(8-13(12)2)18-9-20(23(24,25)26)32-21(28-18)10-19(30-32)22(33)27-11-17-14(3)29-31(5)15(17)4/h6-10H,11H2,1-5H3,(H,27,33). The molecule has 0 aliphatic rings. The number of carbonyl (C=O) groups excluding carboxylic acids is 1. The molecule has 1 aromatic carbocycles. The molecule has 3 aromatic heterocycles. The molecule has 4 rings (SSSR count). The van der Waals surface area contributed by atoms with Crippen molar-refractivity contribution < 1.29 is 18.0 Å². The number of aromatic nitrogens is 5. The average molecular weight is 456 g/mol. The van der Waals surface area contributed by atoms with Gasteiger partial charge in [-0.05, 0) is 51.0 Å². The first-order chi connectivity index (χ1) is 15.5. The van der Waals surface area contributed by atoms with Gasteiger partial charge in [-0.15, -0.1) is 0 Å². The van der Waals surface area contributed by atoms with Gasteiger partial charge in [0, 0.05) is 36.5 Å². The van der Waals surface area contributed by atoms with Gasteiger partial charge in [-0.1, -0.05) is 12.1 Å². The Hall–Kier alpha value is -3.69. The molecule has 0 radical (unpaired) electrons. The van der Waals surface area contributed by atoms with Gasteiger partial charge in [0.1, 0.15) is 0 Å². The fraction of sp³-hybridized carbons (Fsp3) is 0.304. The van der Waals surface area contributed by atoms with Crippen LogP contribution < -0.4 is 5.32 Å². The largest absolute Gasteiger partial charge is 0.433 e. The van der Waals surface area contributed by atoms with Crippen LogP contribution in [0.1, 0.15) is 44.3 Å². The first-order valence-electron chi connectivity index (χ1n) is 10.3. The van der Waals surface area contributed by atoms with Gasteiger partial charge >= 0.3 is 6.18 Å². The zero-order chi connectivity index (χ0) is 24.1. The second-order valence-electron chi connectivity index (χ2n) is 8.08. The van der Waals surface area contributed by atoms with Crippen molar-refractivity contribution in [3.8, 4) is 11.3 Å². The number of nitrogens with zero attached hydrogens (tertiary/aromatic N) is 5. The summed E-state index contributed by atoms with van der Waals surface area (Å²) in [5, 5.41) is 10.9. The van der Waals surface area contributed by atoms with Crippen molar-refractivity contribution in [2.45, 2.75) is 40.4 Å². The molecule has 0 spiro atoms. The highest BCUT2D eigenvalue weighted by atomic mass is 19.4. The van der Waals surface area contributed by atoms with Gasteiger partial charge in [-0.3, -0.25) is 9.48 Å². The van der Waals surface area contributed by atoms with Crippen molar-refractivity contribution in [2.75, 3.05) is 0 Å². The summed E-state index contributed by atoms with van der Waals surface area (Å²) in [6.07, 6.45) is -4.68. The molecule has 172 valence electrons. The van der Waals surface area contributed by atoms with Crippen molar-refractivity contribution in [1.29, 1.82) is 0 Å². The first kappa shape index (κ1) is 22.5. The zero-order valence-electron chi connectivity index (χ0n) is 18.9. The van der Waals surface area contributed by atoms with Gasteiger partial charge in [-0.2, -0.15) is 23.4 Å². The van der Waals surface area contributed by atoms with Crippen LogP contribution in [-0.2, 0) is 19.8 Å². The number of aryl methyl sites for hydroxylation is 4. The van der Waals surface area contributed by atoms with E-state index in [-0.39, 0.29) is 23.6 Å². The lowest BCUT2D eigenvalue weighted by Gasteiger charge is -2.11. The predicted octanol–water partition coefficient (Wildman–Crippen LogP) is 4.31. The minimum atomic E-state index is -4.68. The van der Waals surface area contributed by atoms with Gasteiger partial charge in [0.2, 0.25) is 0 Å². The molecular formula is C23H23F3N6O. The quantitative estimate of drug-likeness (QED) is 0.497. The number of hydrogen-bond donors (Lipinski definition) is 1. The second-order valence-corrected chi connectivity index (χ2v) is 8.08. The Morgan fingerprint density at radius 2 is 1.76 bits per heavy atom. The van der Waals surface area contributed by atoms with Crippen LogP contribution in [0.15, 0.2) is 30.3 Å². The zero-order valence-corrected chi connectivity index (χ0v) is 18.9. The van der Waals surface area contributed by atoms with Crippen LogP contribution in [-0.4, -0.2) is 30.3 Å². The Kier molecular flexibility index (Phi) is 5.47. The Morgan fingerprint density at radius 3 is 2.36 bits per heavy atom. The molecule has 0 aliphatic carbocycles. The van der Waals surface area contributed by atoms with E-state index in [0.29, 0.717) is 10.1 Å². The molecule has 0 unspecified atom stereocenters. The second kappa shape index (κ2) is 8.02. The number of rotatable bonds is 4. The number of amides is 1. The molecule has 0 saturated heterocycles. The molecule has 10 heteroatoms. The van der Waals surface area contributed by atoms with Crippen LogP contribution in [0, 0.1) is 27.7 Å².